The molecule has 0 spiro atoms. The van der Waals surface area contributed by atoms with Crippen LogP contribution in [-0.2, 0) is 21.1 Å². The Morgan fingerprint density at radius 1 is 0.656 bits per heavy atom. The average molecular weight is 604 g/mol. The number of hydrogen-bond acceptors (Lipinski definition) is 7. The fraction of sp³-hybridized carbons (Fsp3) is 0.273. The number of likely N-dealkylation sites (N-methyl/N-ethyl adjacent to an activating group) is 2. The molecule has 2 aliphatic heterocycles. The Labute approximate surface area is 205 Å². The summed E-state index contributed by atoms with van der Waals surface area (Å²) in [4.78, 5) is 20.9. The van der Waals surface area contributed by atoms with Crippen molar-refractivity contribution in [3.8, 4) is 0 Å². The molecule has 0 amide bonds. The van der Waals surface area contributed by atoms with Gasteiger partial charge in [-0.1, -0.05) is 30.3 Å². The summed E-state index contributed by atoms with van der Waals surface area (Å²) in [6.45, 7) is 3.87. The molecule has 0 saturated carbocycles. The molecule has 2 saturated heterocycles. The van der Waals surface area contributed by atoms with Crippen molar-refractivity contribution in [3.63, 3.8) is 0 Å². The molecule has 2 aromatic heterocycles. The van der Waals surface area contributed by atoms with Gasteiger partial charge in [-0.3, -0.25) is 4.90 Å². The quantitative estimate of drug-likeness (QED) is 0.415. The van der Waals surface area contributed by atoms with E-state index in [2.05, 4.69) is 89.7 Å². The van der Waals surface area contributed by atoms with Crippen LogP contribution in [-0.4, -0.2) is 75.0 Å². The number of hydrogen-bond donors (Lipinski definition) is 0. The molecule has 32 heavy (non-hydrogen) atoms. The number of nitrogens with zero attached hydrogens (tertiary/aromatic N) is 7. The molecule has 2 radical (unpaired) electrons. The first-order chi connectivity index (χ1) is 15.2. The van der Waals surface area contributed by atoms with Crippen LogP contribution in [0.4, 0.5) is 29.0 Å². The molecule has 0 bridgehead atoms. The van der Waals surface area contributed by atoms with E-state index in [4.69, 9.17) is 9.97 Å². The van der Waals surface area contributed by atoms with Gasteiger partial charge in [0.05, 0.1) is 0 Å². The molecule has 3 aromatic rings. The van der Waals surface area contributed by atoms with Crippen LogP contribution in [0.2, 0.25) is 0 Å². The summed E-state index contributed by atoms with van der Waals surface area (Å²) in [5.41, 5.74) is 1.03. The maximum atomic E-state index is 5.01. The molecular weight excluding hydrogens is 579 g/mol. The fourth-order valence-corrected chi connectivity index (χ4v) is 3.94. The first-order valence-electron chi connectivity index (χ1n) is 10.6. The van der Waals surface area contributed by atoms with Crippen LogP contribution in [0.1, 0.15) is 0 Å². The van der Waals surface area contributed by atoms with Crippen LogP contribution in [0.15, 0.2) is 66.7 Å². The topological polar surface area (TPSA) is 42.0 Å². The van der Waals surface area contributed by atoms with Crippen molar-refractivity contribution >= 4 is 44.1 Å². The molecule has 2 aliphatic rings. The largest absolute Gasteiger partial charge is 0.388 e. The predicted octanol–water partition coefficient (Wildman–Crippen LogP) is 2.52. The van der Waals surface area contributed by atoms with E-state index in [1.54, 1.807) is 0 Å². The van der Waals surface area contributed by atoms with Gasteiger partial charge in [0.1, 0.15) is 23.3 Å². The number of rotatable bonds is 5. The van der Waals surface area contributed by atoms with E-state index in [-0.39, 0.29) is 21.1 Å². The molecule has 10 heteroatoms. The smallest absolute Gasteiger partial charge is 0.353 e. The maximum Gasteiger partial charge on any atom is 0.353 e. The van der Waals surface area contributed by atoms with E-state index in [0.717, 1.165) is 55.1 Å². The van der Waals surface area contributed by atoms with Crippen LogP contribution in [0.25, 0.3) is 0 Å². The second kappa shape index (κ2) is 10.1. The Kier molecular flexibility index (Phi) is 7.19. The van der Waals surface area contributed by atoms with Crippen molar-refractivity contribution in [2.24, 2.45) is 0 Å². The summed E-state index contributed by atoms with van der Waals surface area (Å²) in [6, 6.07) is 22.6. The van der Waals surface area contributed by atoms with E-state index in [0.29, 0.717) is 0 Å². The van der Waals surface area contributed by atoms with Crippen molar-refractivity contribution in [2.45, 2.75) is 0 Å². The van der Waals surface area contributed by atoms with Crippen molar-refractivity contribution in [2.75, 3.05) is 54.8 Å². The van der Waals surface area contributed by atoms with Crippen molar-refractivity contribution in [1.29, 1.82) is 0 Å². The number of anilines is 5. The molecule has 0 N–H and O–H groups in total. The summed E-state index contributed by atoms with van der Waals surface area (Å²) in [5.74, 6) is 3.57. The van der Waals surface area contributed by atoms with Crippen LogP contribution in [0.5, 0.6) is 0 Å². The van der Waals surface area contributed by atoms with Gasteiger partial charge in [-0.05, 0) is 50.5 Å². The third-order valence-corrected chi connectivity index (χ3v) is 5.56. The van der Waals surface area contributed by atoms with Gasteiger partial charge in [-0.2, -0.15) is 0 Å². The Hall–Kier alpha value is -2.34. The number of aromatic nitrogens is 2. The predicted molar refractivity (Wildman–Crippen MR) is 128 cm³/mol. The number of pyridine rings is 2. The Morgan fingerprint density at radius 2 is 1.16 bits per heavy atom. The molecule has 164 valence electrons. The standard InChI is InChI=1S/C22H25B2N7.Pt/c1-27-14-16-29(23-27)19-10-6-12-21(25-19)31(18-8-4-3-5-9-18)22-13-7-11-20(26-22)30-17-15-28(2)24-30;/h3-13H,14-17H2,1-2H3;. The SMILES string of the molecule is CN1[B]N(c2cccc(N(c3ccccc3)c3cccc(N4[B]N(C)CC4)n3)n2)CC1.[Pt]. The molecule has 0 atom stereocenters. The van der Waals surface area contributed by atoms with Crippen molar-refractivity contribution in [1.82, 2.24) is 19.6 Å². The Balaban J connectivity index is 0.00000245. The molecule has 7 nitrogen and oxygen atoms in total. The summed E-state index contributed by atoms with van der Waals surface area (Å²) in [6.07, 6.45) is 0. The maximum absolute atomic E-state index is 5.01. The number of benzene rings is 1. The van der Waals surface area contributed by atoms with Crippen LogP contribution in [0.3, 0.4) is 0 Å². The minimum atomic E-state index is 0. The van der Waals surface area contributed by atoms with Gasteiger partial charge in [0, 0.05) is 52.9 Å². The third kappa shape index (κ3) is 4.85. The molecule has 0 aliphatic carbocycles. The van der Waals surface area contributed by atoms with Gasteiger partial charge < -0.3 is 19.2 Å². The second-order valence-electron chi connectivity index (χ2n) is 7.96. The third-order valence-electron chi connectivity index (χ3n) is 5.56. The molecule has 5 rings (SSSR count). The zero-order chi connectivity index (χ0) is 21.2. The molecule has 1 aromatic carbocycles. The molecule has 2 fully saturated rings. The first kappa shape index (κ1) is 22.8. The van der Waals surface area contributed by atoms with Gasteiger partial charge >= 0.3 is 15.1 Å². The first-order valence-corrected chi connectivity index (χ1v) is 10.6. The zero-order valence-electron chi connectivity index (χ0n) is 18.3. The zero-order valence-corrected chi connectivity index (χ0v) is 20.6. The summed E-state index contributed by atoms with van der Waals surface area (Å²) in [5, 5.41) is 0. The van der Waals surface area contributed by atoms with Gasteiger partial charge in [0.15, 0.2) is 0 Å². The summed E-state index contributed by atoms with van der Waals surface area (Å²) < 4.78 is 0. The van der Waals surface area contributed by atoms with Crippen LogP contribution >= 0.6 is 0 Å². The van der Waals surface area contributed by atoms with Gasteiger partial charge in [-0.15, -0.1) is 0 Å². The fourth-order valence-electron chi connectivity index (χ4n) is 3.94. The summed E-state index contributed by atoms with van der Waals surface area (Å²) >= 11 is 0. The van der Waals surface area contributed by atoms with E-state index >= 15 is 0 Å². The van der Waals surface area contributed by atoms with Crippen LogP contribution in [0, 0.1) is 0 Å². The van der Waals surface area contributed by atoms with Gasteiger partial charge in [-0.25, -0.2) is 9.97 Å². The molecule has 0 unspecified atom stereocenters. The molecule has 4 heterocycles. The van der Waals surface area contributed by atoms with E-state index in [1.807, 2.05) is 30.3 Å². The van der Waals surface area contributed by atoms with E-state index in [9.17, 15) is 0 Å². The second-order valence-corrected chi connectivity index (χ2v) is 7.96. The average Bonchev–Trinajstić information content (AvgIpc) is 3.44. The summed E-state index contributed by atoms with van der Waals surface area (Å²) in [7, 11) is 8.39. The minimum Gasteiger partial charge on any atom is -0.388 e. The van der Waals surface area contributed by atoms with Crippen molar-refractivity contribution < 1.29 is 21.1 Å². The Bertz CT molecular complexity index is 978. The monoisotopic (exact) mass is 604 g/mol. The van der Waals surface area contributed by atoms with E-state index in [1.165, 1.54) is 0 Å². The van der Waals surface area contributed by atoms with Gasteiger partial charge in [0.2, 0.25) is 0 Å². The van der Waals surface area contributed by atoms with Crippen LogP contribution < -0.4 is 14.5 Å². The Morgan fingerprint density at radius 3 is 1.59 bits per heavy atom. The minimum absolute atomic E-state index is 0. The van der Waals surface area contributed by atoms with Gasteiger partial charge in [0.25, 0.3) is 0 Å². The van der Waals surface area contributed by atoms with E-state index < -0.39 is 0 Å². The molecular formula is C22H25B2N7Pt. The normalized spacial score (nSPS) is 16.4. The van der Waals surface area contributed by atoms with Crippen molar-refractivity contribution in [3.05, 3.63) is 66.7 Å². The number of para-hydroxylation sites is 1.